The largest absolute Gasteiger partial charge is 0.435 e. The van der Waals surface area contributed by atoms with Crippen LogP contribution in [0.25, 0.3) is 0 Å². The van der Waals surface area contributed by atoms with Crippen molar-refractivity contribution in [2.75, 3.05) is 0 Å². The number of hydrogen-bond acceptors (Lipinski definition) is 4. The van der Waals surface area contributed by atoms with Crippen LogP contribution in [0.3, 0.4) is 0 Å². The molecule has 0 saturated heterocycles. The molecule has 1 aromatic rings. The van der Waals surface area contributed by atoms with Gasteiger partial charge in [-0.05, 0) is 24.4 Å². The Morgan fingerprint density at radius 3 is 2.29 bits per heavy atom. The Morgan fingerprint density at radius 2 is 1.76 bits per heavy atom. The van der Waals surface area contributed by atoms with E-state index in [2.05, 4.69) is 26.7 Å². The minimum Gasteiger partial charge on any atom is -0.435 e. The highest BCUT2D eigenvalue weighted by atomic mass is 32.1. The van der Waals surface area contributed by atoms with Gasteiger partial charge in [-0.25, -0.2) is 0 Å². The van der Waals surface area contributed by atoms with Crippen molar-refractivity contribution >= 4 is 23.1 Å². The zero-order valence-electron chi connectivity index (χ0n) is 8.07. The summed E-state index contributed by atoms with van der Waals surface area (Å²) >= 11 is 4.30. The van der Waals surface area contributed by atoms with Gasteiger partial charge in [-0.1, -0.05) is 0 Å². The van der Waals surface area contributed by atoms with Crippen LogP contribution in [0, 0.1) is 0 Å². The second-order valence-electron chi connectivity index (χ2n) is 2.59. The van der Waals surface area contributed by atoms with E-state index in [4.69, 9.17) is 0 Å². The minimum atomic E-state index is -3.11. The van der Waals surface area contributed by atoms with Crippen molar-refractivity contribution in [3.05, 3.63) is 18.2 Å². The molecule has 0 spiro atoms. The van der Waals surface area contributed by atoms with Crippen LogP contribution >= 0.6 is 12.2 Å². The number of nitrogens with zero attached hydrogens (tertiary/aromatic N) is 1. The van der Waals surface area contributed by atoms with Gasteiger partial charge in [0.25, 0.3) is 0 Å². The van der Waals surface area contributed by atoms with Crippen molar-refractivity contribution in [2.24, 2.45) is 4.99 Å². The molecule has 0 radical (unpaired) electrons. The van der Waals surface area contributed by atoms with E-state index in [9.17, 15) is 17.6 Å². The lowest BCUT2D eigenvalue weighted by atomic mass is 10.3. The van der Waals surface area contributed by atoms with Crippen LogP contribution in [-0.4, -0.2) is 18.4 Å². The Balaban J connectivity index is 3.04. The summed E-state index contributed by atoms with van der Waals surface area (Å²) in [7, 11) is 0. The number of halogens is 4. The molecule has 0 aliphatic rings. The number of ether oxygens (including phenoxy) is 2. The third kappa shape index (κ3) is 4.38. The molecule has 8 heteroatoms. The molecule has 17 heavy (non-hydrogen) atoms. The summed E-state index contributed by atoms with van der Waals surface area (Å²) in [6.45, 7) is -6.18. The molecule has 92 valence electrons. The van der Waals surface area contributed by atoms with Gasteiger partial charge >= 0.3 is 13.2 Å². The van der Waals surface area contributed by atoms with Crippen molar-refractivity contribution < 1.29 is 27.0 Å². The lowest BCUT2D eigenvalue weighted by molar-refractivity contribution is -0.0540. The van der Waals surface area contributed by atoms with E-state index < -0.39 is 19.0 Å². The molecule has 0 atom stereocenters. The predicted molar refractivity (Wildman–Crippen MR) is 54.4 cm³/mol. The summed E-state index contributed by atoms with van der Waals surface area (Å²) in [5.41, 5.74) is -0.0538. The molecule has 3 nitrogen and oxygen atoms in total. The van der Waals surface area contributed by atoms with Gasteiger partial charge in [0.1, 0.15) is 11.4 Å². The zero-order chi connectivity index (χ0) is 12.8. The van der Waals surface area contributed by atoms with Gasteiger partial charge in [0.15, 0.2) is 5.75 Å². The highest BCUT2D eigenvalue weighted by Gasteiger charge is 2.12. The van der Waals surface area contributed by atoms with E-state index in [1.165, 1.54) is 0 Å². The van der Waals surface area contributed by atoms with Crippen LogP contribution in [-0.2, 0) is 0 Å². The Morgan fingerprint density at radius 1 is 1.12 bits per heavy atom. The predicted octanol–water partition coefficient (Wildman–Crippen LogP) is 3.62. The molecule has 0 aliphatic carbocycles. The van der Waals surface area contributed by atoms with Gasteiger partial charge in [0, 0.05) is 6.07 Å². The average molecular weight is 267 g/mol. The van der Waals surface area contributed by atoms with E-state index in [1.807, 2.05) is 5.16 Å². The summed E-state index contributed by atoms with van der Waals surface area (Å²) in [5, 5.41) is 1.95. The molecule has 0 N–H and O–H groups in total. The Hall–Kier alpha value is -1.66. The maximum Gasteiger partial charge on any atom is 0.387 e. The van der Waals surface area contributed by atoms with Crippen molar-refractivity contribution in [1.82, 2.24) is 0 Å². The summed E-state index contributed by atoms with van der Waals surface area (Å²) < 4.78 is 56.0. The van der Waals surface area contributed by atoms with E-state index in [1.54, 1.807) is 0 Å². The van der Waals surface area contributed by atoms with Crippen LogP contribution in [0.15, 0.2) is 23.2 Å². The number of thiocarbonyl (C=S) groups is 1. The second-order valence-corrected chi connectivity index (χ2v) is 2.77. The summed E-state index contributed by atoms with van der Waals surface area (Å²) in [6.07, 6.45) is 0. The van der Waals surface area contributed by atoms with E-state index in [-0.39, 0.29) is 11.4 Å². The maximum absolute atomic E-state index is 12.0. The van der Waals surface area contributed by atoms with Crippen LogP contribution in [0.1, 0.15) is 0 Å². The highest BCUT2D eigenvalue weighted by Crippen LogP contribution is 2.33. The second kappa shape index (κ2) is 6.17. The van der Waals surface area contributed by atoms with Crippen molar-refractivity contribution in [3.63, 3.8) is 0 Å². The van der Waals surface area contributed by atoms with Gasteiger partial charge in [-0.3, -0.25) is 0 Å². The number of rotatable bonds is 5. The van der Waals surface area contributed by atoms with Gasteiger partial charge in [-0.2, -0.15) is 22.6 Å². The van der Waals surface area contributed by atoms with Crippen LogP contribution < -0.4 is 9.47 Å². The van der Waals surface area contributed by atoms with Crippen molar-refractivity contribution in [2.45, 2.75) is 13.2 Å². The van der Waals surface area contributed by atoms with Gasteiger partial charge in [0.2, 0.25) is 0 Å². The fourth-order valence-corrected chi connectivity index (χ4v) is 1.10. The van der Waals surface area contributed by atoms with E-state index >= 15 is 0 Å². The molecular formula is C9H5F4NO2S. The molecule has 1 aromatic carbocycles. The summed E-state index contributed by atoms with van der Waals surface area (Å²) in [5.74, 6) is -0.741. The maximum atomic E-state index is 12.0. The monoisotopic (exact) mass is 267 g/mol. The molecule has 0 saturated carbocycles. The van der Waals surface area contributed by atoms with Crippen LogP contribution in [0.4, 0.5) is 23.2 Å². The third-order valence-electron chi connectivity index (χ3n) is 1.54. The van der Waals surface area contributed by atoms with E-state index in [0.717, 1.165) is 18.2 Å². The topological polar surface area (TPSA) is 30.8 Å². The lowest BCUT2D eigenvalue weighted by Crippen LogP contribution is -2.04. The first-order valence-electron chi connectivity index (χ1n) is 4.14. The Bertz CT molecular complexity index is 435. The van der Waals surface area contributed by atoms with E-state index in [0.29, 0.717) is 0 Å². The van der Waals surface area contributed by atoms with Gasteiger partial charge in [0.05, 0.1) is 5.16 Å². The fraction of sp³-hybridized carbons (Fsp3) is 0.222. The molecule has 0 amide bonds. The average Bonchev–Trinajstić information content (AvgIpc) is 2.20. The molecule has 1 rings (SSSR count). The number of aliphatic imine (C=N–C) groups is 1. The molecule has 0 heterocycles. The first kappa shape index (κ1) is 13.4. The fourth-order valence-electron chi connectivity index (χ4n) is 1.00. The van der Waals surface area contributed by atoms with Gasteiger partial charge < -0.3 is 9.47 Å². The smallest absolute Gasteiger partial charge is 0.387 e. The normalized spacial score (nSPS) is 10.2. The number of alkyl halides is 4. The van der Waals surface area contributed by atoms with Crippen molar-refractivity contribution in [1.29, 1.82) is 0 Å². The quantitative estimate of drug-likeness (QED) is 0.463. The first-order valence-corrected chi connectivity index (χ1v) is 4.55. The van der Waals surface area contributed by atoms with Crippen LogP contribution in [0.5, 0.6) is 11.5 Å². The molecule has 0 aromatic heterocycles. The molecule has 0 bridgehead atoms. The summed E-state index contributed by atoms with van der Waals surface area (Å²) in [4.78, 5) is 3.44. The zero-order valence-corrected chi connectivity index (χ0v) is 8.89. The van der Waals surface area contributed by atoms with Crippen molar-refractivity contribution in [3.8, 4) is 11.5 Å². The standard InChI is InChI=1S/C9H5F4NO2S/c10-8(11)15-5-1-2-6(14-4-17)7(3-5)16-9(12)13/h1-3,8-9H. The Labute approximate surface area is 98.7 Å². The molecule has 0 unspecified atom stereocenters. The minimum absolute atomic E-state index is 0.0538. The SMILES string of the molecule is FC(F)Oc1ccc(N=C=S)c(OC(F)F)c1. The number of isothiocyanates is 1. The Kier molecular flexibility index (Phi) is 4.86. The lowest BCUT2D eigenvalue weighted by Gasteiger charge is -2.09. The number of benzene rings is 1. The molecule has 0 fully saturated rings. The summed E-state index contributed by atoms with van der Waals surface area (Å²) in [6, 6.07) is 3.13. The molecule has 0 aliphatic heterocycles. The van der Waals surface area contributed by atoms with Crippen LogP contribution in [0.2, 0.25) is 0 Å². The highest BCUT2D eigenvalue weighted by molar-refractivity contribution is 7.78. The van der Waals surface area contributed by atoms with Gasteiger partial charge in [-0.15, -0.1) is 0 Å². The molecular weight excluding hydrogens is 262 g/mol. The number of hydrogen-bond donors (Lipinski definition) is 0. The third-order valence-corrected chi connectivity index (χ3v) is 1.63. The first-order chi connectivity index (χ1) is 8.02.